The Morgan fingerprint density at radius 2 is 1.90 bits per heavy atom. The summed E-state index contributed by atoms with van der Waals surface area (Å²) >= 11 is 0. The Bertz CT molecular complexity index is 635. The lowest BCUT2D eigenvalue weighted by Crippen LogP contribution is -2.31. The predicted octanol–water partition coefficient (Wildman–Crippen LogP) is 3.41. The van der Waals surface area contributed by atoms with E-state index in [-0.39, 0.29) is 5.91 Å². The van der Waals surface area contributed by atoms with Gasteiger partial charge in [0, 0.05) is 31.2 Å². The summed E-state index contributed by atoms with van der Waals surface area (Å²) in [5.74, 6) is -0.0433. The molecular weight excluding hydrogens is 262 g/mol. The Morgan fingerprint density at radius 1 is 1.24 bits per heavy atom. The van der Waals surface area contributed by atoms with Crippen molar-refractivity contribution in [1.29, 1.82) is 0 Å². The first kappa shape index (κ1) is 15.0. The molecule has 0 spiro atoms. The number of carbonyl (C=O) groups is 1. The molecule has 0 aliphatic heterocycles. The molecular formula is C17H21N3O. The number of nitrogens with one attached hydrogen (secondary N) is 1. The first-order valence-electron chi connectivity index (χ1n) is 7.09. The number of rotatable bonds is 4. The van der Waals surface area contributed by atoms with Gasteiger partial charge in [0.2, 0.25) is 0 Å². The highest BCUT2D eigenvalue weighted by molar-refractivity contribution is 6.09. The fourth-order valence-corrected chi connectivity index (χ4v) is 2.25. The second-order valence-electron chi connectivity index (χ2n) is 5.01. The molecule has 4 nitrogen and oxygen atoms in total. The smallest absolute Gasteiger partial charge is 0.261 e. The van der Waals surface area contributed by atoms with E-state index in [0.717, 1.165) is 17.1 Å². The van der Waals surface area contributed by atoms with E-state index in [1.165, 1.54) is 5.56 Å². The molecule has 0 fully saturated rings. The minimum Gasteiger partial charge on any atom is -0.387 e. The van der Waals surface area contributed by atoms with Crippen LogP contribution in [0, 0.1) is 13.8 Å². The molecule has 0 unspecified atom stereocenters. The molecule has 0 atom stereocenters. The molecule has 1 amide bonds. The summed E-state index contributed by atoms with van der Waals surface area (Å²) in [5.41, 5.74) is 4.35. The first-order valence-corrected chi connectivity index (χ1v) is 7.09. The summed E-state index contributed by atoms with van der Waals surface area (Å²) in [4.78, 5) is 18.8. The summed E-state index contributed by atoms with van der Waals surface area (Å²) in [5, 5.41) is 3.07. The van der Waals surface area contributed by atoms with Crippen molar-refractivity contribution >= 4 is 17.3 Å². The predicted molar refractivity (Wildman–Crippen MR) is 87.1 cm³/mol. The van der Waals surface area contributed by atoms with Gasteiger partial charge >= 0.3 is 0 Å². The molecule has 1 heterocycles. The summed E-state index contributed by atoms with van der Waals surface area (Å²) in [6.07, 6.45) is 1.64. The summed E-state index contributed by atoms with van der Waals surface area (Å²) in [6.45, 7) is 6.52. The van der Waals surface area contributed by atoms with Gasteiger partial charge < -0.3 is 10.2 Å². The number of benzene rings is 1. The van der Waals surface area contributed by atoms with E-state index in [9.17, 15) is 4.79 Å². The highest BCUT2D eigenvalue weighted by Gasteiger charge is 2.19. The van der Waals surface area contributed by atoms with E-state index in [2.05, 4.69) is 10.3 Å². The van der Waals surface area contributed by atoms with Crippen molar-refractivity contribution in [2.24, 2.45) is 0 Å². The molecule has 0 bridgehead atoms. The highest BCUT2D eigenvalue weighted by Crippen LogP contribution is 2.22. The van der Waals surface area contributed by atoms with Crippen LogP contribution in [0.25, 0.3) is 0 Å². The lowest BCUT2D eigenvalue weighted by atomic mass is 10.1. The maximum atomic E-state index is 12.8. The van der Waals surface area contributed by atoms with E-state index >= 15 is 0 Å². The molecule has 1 aromatic heterocycles. The van der Waals surface area contributed by atoms with Crippen LogP contribution in [0.1, 0.15) is 28.5 Å². The summed E-state index contributed by atoms with van der Waals surface area (Å²) < 4.78 is 0. The zero-order chi connectivity index (χ0) is 15.4. The Morgan fingerprint density at radius 3 is 2.48 bits per heavy atom. The van der Waals surface area contributed by atoms with Crippen LogP contribution >= 0.6 is 0 Å². The molecule has 2 rings (SSSR count). The van der Waals surface area contributed by atoms with Crippen LogP contribution in [0.3, 0.4) is 0 Å². The van der Waals surface area contributed by atoms with Crippen LogP contribution in [0.4, 0.5) is 11.4 Å². The van der Waals surface area contributed by atoms with Crippen LogP contribution in [0.2, 0.25) is 0 Å². The van der Waals surface area contributed by atoms with Gasteiger partial charge in [0.05, 0.1) is 11.3 Å². The quantitative estimate of drug-likeness (QED) is 0.935. The van der Waals surface area contributed by atoms with Gasteiger partial charge in [-0.2, -0.15) is 0 Å². The average Bonchev–Trinajstić information content (AvgIpc) is 2.49. The standard InChI is InChI=1S/C17H21N3O/c1-5-20(14-8-6-12(2)7-9-14)17(21)15-11-19-13(3)10-16(15)18-4/h6-11H,5H2,1-4H3,(H,18,19). The monoisotopic (exact) mass is 283 g/mol. The van der Waals surface area contributed by atoms with Gasteiger partial charge in [-0.25, -0.2) is 0 Å². The van der Waals surface area contributed by atoms with Crippen LogP contribution < -0.4 is 10.2 Å². The SMILES string of the molecule is CCN(C(=O)c1cnc(C)cc1NC)c1ccc(C)cc1. The van der Waals surface area contributed by atoms with Crippen molar-refractivity contribution in [3.05, 3.63) is 53.3 Å². The van der Waals surface area contributed by atoms with Gasteiger partial charge in [-0.05, 0) is 39.0 Å². The van der Waals surface area contributed by atoms with E-state index in [0.29, 0.717) is 12.1 Å². The number of anilines is 2. The number of hydrogen-bond donors (Lipinski definition) is 1. The molecule has 0 saturated heterocycles. The van der Waals surface area contributed by atoms with Crippen molar-refractivity contribution in [3.8, 4) is 0 Å². The second kappa shape index (κ2) is 6.39. The van der Waals surface area contributed by atoms with Crippen molar-refractivity contribution in [2.45, 2.75) is 20.8 Å². The van der Waals surface area contributed by atoms with Crippen LogP contribution in [0.5, 0.6) is 0 Å². The van der Waals surface area contributed by atoms with Gasteiger partial charge in [0.25, 0.3) is 5.91 Å². The molecule has 0 radical (unpaired) electrons. The molecule has 1 N–H and O–H groups in total. The third-order valence-corrected chi connectivity index (χ3v) is 3.45. The minimum absolute atomic E-state index is 0.0433. The highest BCUT2D eigenvalue weighted by atomic mass is 16.2. The van der Waals surface area contributed by atoms with Gasteiger partial charge in [-0.15, -0.1) is 0 Å². The number of pyridine rings is 1. The van der Waals surface area contributed by atoms with Crippen molar-refractivity contribution in [2.75, 3.05) is 23.8 Å². The maximum absolute atomic E-state index is 12.8. The lowest BCUT2D eigenvalue weighted by Gasteiger charge is -2.22. The van der Waals surface area contributed by atoms with Crippen molar-refractivity contribution in [1.82, 2.24) is 4.98 Å². The van der Waals surface area contributed by atoms with E-state index in [1.54, 1.807) is 11.1 Å². The molecule has 0 saturated carbocycles. The molecule has 2 aromatic rings. The van der Waals surface area contributed by atoms with Crippen LogP contribution in [0.15, 0.2) is 36.5 Å². The molecule has 1 aromatic carbocycles. The lowest BCUT2D eigenvalue weighted by molar-refractivity contribution is 0.0988. The second-order valence-corrected chi connectivity index (χ2v) is 5.01. The third kappa shape index (κ3) is 3.21. The number of aryl methyl sites for hydroxylation is 2. The molecule has 21 heavy (non-hydrogen) atoms. The average molecular weight is 283 g/mol. The number of aromatic nitrogens is 1. The topological polar surface area (TPSA) is 45.2 Å². The van der Waals surface area contributed by atoms with Crippen LogP contribution in [-0.4, -0.2) is 24.5 Å². The van der Waals surface area contributed by atoms with E-state index < -0.39 is 0 Å². The van der Waals surface area contributed by atoms with E-state index in [4.69, 9.17) is 0 Å². The minimum atomic E-state index is -0.0433. The summed E-state index contributed by atoms with van der Waals surface area (Å²) in [6, 6.07) is 9.85. The maximum Gasteiger partial charge on any atom is 0.261 e. The Hall–Kier alpha value is -2.36. The molecule has 0 aliphatic carbocycles. The number of hydrogen-bond acceptors (Lipinski definition) is 3. The summed E-state index contributed by atoms with van der Waals surface area (Å²) in [7, 11) is 1.81. The fraction of sp³-hybridized carbons (Fsp3) is 0.294. The van der Waals surface area contributed by atoms with Gasteiger partial charge in [0.15, 0.2) is 0 Å². The molecule has 4 heteroatoms. The fourth-order valence-electron chi connectivity index (χ4n) is 2.25. The van der Waals surface area contributed by atoms with Gasteiger partial charge in [0.1, 0.15) is 0 Å². The zero-order valence-electron chi connectivity index (χ0n) is 13.0. The number of nitrogens with zero attached hydrogens (tertiary/aromatic N) is 2. The number of amides is 1. The van der Waals surface area contributed by atoms with Gasteiger partial charge in [-0.1, -0.05) is 17.7 Å². The third-order valence-electron chi connectivity index (χ3n) is 3.45. The Labute approximate surface area is 125 Å². The van der Waals surface area contributed by atoms with Gasteiger partial charge in [-0.3, -0.25) is 9.78 Å². The molecule has 110 valence electrons. The normalized spacial score (nSPS) is 10.3. The van der Waals surface area contributed by atoms with Crippen molar-refractivity contribution < 1.29 is 4.79 Å². The zero-order valence-corrected chi connectivity index (χ0v) is 13.0. The van der Waals surface area contributed by atoms with Crippen molar-refractivity contribution in [3.63, 3.8) is 0 Å². The van der Waals surface area contributed by atoms with Crippen LogP contribution in [-0.2, 0) is 0 Å². The first-order chi connectivity index (χ1) is 10.1. The largest absolute Gasteiger partial charge is 0.387 e. The van der Waals surface area contributed by atoms with E-state index in [1.807, 2.05) is 58.2 Å². The molecule has 0 aliphatic rings. The Kier molecular flexibility index (Phi) is 4.58. The Balaban J connectivity index is 2.39. The number of carbonyl (C=O) groups excluding carboxylic acids is 1.